The van der Waals surface area contributed by atoms with Gasteiger partial charge in [-0.1, -0.05) is 40.8 Å². The van der Waals surface area contributed by atoms with Crippen LogP contribution in [0.15, 0.2) is 22.5 Å². The molecule has 0 spiro atoms. The molecule has 2 rings (SSSR count). The minimum atomic E-state index is -0.228. The Morgan fingerprint density at radius 1 is 1.48 bits per heavy atom. The summed E-state index contributed by atoms with van der Waals surface area (Å²) >= 11 is 8.68. The number of nitrogens with one attached hydrogen (secondary N) is 1. The number of anilines is 1. The molecule has 2 amide bonds. The highest BCUT2D eigenvalue weighted by Gasteiger charge is 2.14. The Morgan fingerprint density at radius 2 is 2.24 bits per heavy atom. The van der Waals surface area contributed by atoms with Crippen molar-refractivity contribution in [3.63, 3.8) is 0 Å². The Balaban J connectivity index is 0.00000220. The lowest BCUT2D eigenvalue weighted by atomic mass is 10.4. The highest BCUT2D eigenvalue weighted by molar-refractivity contribution is 8.00. The molecule has 21 heavy (non-hydrogen) atoms. The molecule has 2 aromatic rings. The van der Waals surface area contributed by atoms with Crippen molar-refractivity contribution in [3.8, 4) is 0 Å². The molecule has 1 N–H and O–H groups in total. The summed E-state index contributed by atoms with van der Waals surface area (Å²) in [6.07, 6.45) is 0. The standard InChI is InChI=1S/C11H12ClN5OS2.ClH/c1-13-9(18)17(2)10-15-16-11(20-10)19-6-7-4-3-5-8(12)14-7;/h3-5H,6H2,1-2H3,(H,13,18);1H. The first-order valence-corrected chi connectivity index (χ1v) is 7.81. The van der Waals surface area contributed by atoms with Crippen molar-refractivity contribution in [3.05, 3.63) is 29.0 Å². The van der Waals surface area contributed by atoms with Crippen molar-refractivity contribution < 1.29 is 4.79 Å². The maximum Gasteiger partial charge on any atom is 0.323 e. The van der Waals surface area contributed by atoms with Gasteiger partial charge in [-0.2, -0.15) is 0 Å². The topological polar surface area (TPSA) is 71.0 Å². The van der Waals surface area contributed by atoms with Crippen LogP contribution in [0.3, 0.4) is 0 Å². The second-order valence-corrected chi connectivity index (χ2v) is 6.27. The molecule has 0 fully saturated rings. The van der Waals surface area contributed by atoms with Crippen LogP contribution in [0.4, 0.5) is 9.93 Å². The van der Waals surface area contributed by atoms with E-state index >= 15 is 0 Å². The Morgan fingerprint density at radius 3 is 2.90 bits per heavy atom. The van der Waals surface area contributed by atoms with Crippen LogP contribution in [-0.2, 0) is 5.75 Å². The number of urea groups is 1. The van der Waals surface area contributed by atoms with Gasteiger partial charge in [-0.25, -0.2) is 9.78 Å². The molecule has 0 atom stereocenters. The van der Waals surface area contributed by atoms with Gasteiger partial charge in [0, 0.05) is 19.8 Å². The third-order valence-electron chi connectivity index (χ3n) is 2.32. The predicted molar refractivity (Wildman–Crippen MR) is 88.8 cm³/mol. The van der Waals surface area contributed by atoms with Crippen LogP contribution in [0.2, 0.25) is 5.15 Å². The maximum absolute atomic E-state index is 11.5. The Kier molecular flexibility index (Phi) is 7.16. The number of amides is 2. The number of aromatic nitrogens is 3. The molecule has 0 unspecified atom stereocenters. The second kappa shape index (κ2) is 8.38. The molecule has 0 aromatic carbocycles. The van der Waals surface area contributed by atoms with E-state index in [2.05, 4.69) is 20.5 Å². The monoisotopic (exact) mass is 365 g/mol. The van der Waals surface area contributed by atoms with E-state index in [1.807, 2.05) is 12.1 Å². The van der Waals surface area contributed by atoms with Crippen LogP contribution >= 0.6 is 47.1 Å². The van der Waals surface area contributed by atoms with Gasteiger partial charge in [0.15, 0.2) is 4.34 Å². The van der Waals surface area contributed by atoms with Gasteiger partial charge in [-0.3, -0.25) is 4.90 Å². The number of carbonyl (C=O) groups excluding carboxylic acids is 1. The number of carbonyl (C=O) groups is 1. The van der Waals surface area contributed by atoms with Gasteiger partial charge in [0.25, 0.3) is 0 Å². The molecule has 0 saturated carbocycles. The molecule has 2 heterocycles. The molecule has 0 aliphatic heterocycles. The molecule has 0 bridgehead atoms. The van der Waals surface area contributed by atoms with Crippen molar-refractivity contribution >= 4 is 58.3 Å². The number of nitrogens with zero attached hydrogens (tertiary/aromatic N) is 4. The average molecular weight is 366 g/mol. The molecule has 0 saturated heterocycles. The van der Waals surface area contributed by atoms with E-state index in [-0.39, 0.29) is 18.4 Å². The molecule has 10 heteroatoms. The van der Waals surface area contributed by atoms with E-state index in [0.717, 1.165) is 10.0 Å². The first kappa shape index (κ1) is 18.0. The summed E-state index contributed by atoms with van der Waals surface area (Å²) in [4.78, 5) is 17.1. The Hall–Kier alpha value is -1.09. The summed E-state index contributed by atoms with van der Waals surface area (Å²) in [7, 11) is 3.21. The van der Waals surface area contributed by atoms with E-state index in [9.17, 15) is 4.79 Å². The summed E-state index contributed by atoms with van der Waals surface area (Å²) in [5.41, 5.74) is 0.874. The molecule has 0 aliphatic carbocycles. The molecule has 0 radical (unpaired) electrons. The summed E-state index contributed by atoms with van der Waals surface area (Å²) in [5, 5.41) is 11.6. The van der Waals surface area contributed by atoms with Gasteiger partial charge in [-0.05, 0) is 12.1 Å². The van der Waals surface area contributed by atoms with Gasteiger partial charge in [0.05, 0.1) is 5.69 Å². The summed E-state index contributed by atoms with van der Waals surface area (Å²) < 4.78 is 0.775. The van der Waals surface area contributed by atoms with Crippen LogP contribution < -0.4 is 10.2 Å². The number of rotatable bonds is 4. The van der Waals surface area contributed by atoms with Gasteiger partial charge in [0.2, 0.25) is 5.13 Å². The molecule has 6 nitrogen and oxygen atoms in total. The highest BCUT2D eigenvalue weighted by Crippen LogP contribution is 2.29. The lowest BCUT2D eigenvalue weighted by molar-refractivity contribution is 0.249. The van der Waals surface area contributed by atoms with Crippen molar-refractivity contribution in [1.29, 1.82) is 0 Å². The molecule has 2 aromatic heterocycles. The molecule has 114 valence electrons. The summed E-state index contributed by atoms with van der Waals surface area (Å²) in [5.74, 6) is 0.652. The minimum absolute atomic E-state index is 0. The lowest BCUT2D eigenvalue weighted by Crippen LogP contribution is -2.34. The zero-order valence-corrected chi connectivity index (χ0v) is 14.4. The second-order valence-electron chi connectivity index (χ2n) is 3.71. The SMILES string of the molecule is CNC(=O)N(C)c1nnc(SCc2cccc(Cl)n2)s1.Cl. The van der Waals surface area contributed by atoms with Gasteiger partial charge < -0.3 is 5.32 Å². The van der Waals surface area contributed by atoms with E-state index in [1.54, 1.807) is 20.2 Å². The van der Waals surface area contributed by atoms with Crippen LogP contribution in [0.25, 0.3) is 0 Å². The lowest BCUT2D eigenvalue weighted by Gasteiger charge is -2.10. The average Bonchev–Trinajstić information content (AvgIpc) is 2.92. The minimum Gasteiger partial charge on any atom is -0.341 e. The number of halogens is 2. The van der Waals surface area contributed by atoms with E-state index in [1.165, 1.54) is 28.0 Å². The quantitative estimate of drug-likeness (QED) is 0.512. The van der Waals surface area contributed by atoms with E-state index < -0.39 is 0 Å². The number of hydrogen-bond donors (Lipinski definition) is 1. The Labute approximate surface area is 141 Å². The fourth-order valence-electron chi connectivity index (χ4n) is 1.32. The highest BCUT2D eigenvalue weighted by atomic mass is 35.5. The first-order valence-electron chi connectivity index (χ1n) is 5.63. The summed E-state index contributed by atoms with van der Waals surface area (Å²) in [6, 6.07) is 5.26. The van der Waals surface area contributed by atoms with E-state index in [0.29, 0.717) is 16.0 Å². The maximum atomic E-state index is 11.5. The smallest absolute Gasteiger partial charge is 0.323 e. The number of thioether (sulfide) groups is 1. The third kappa shape index (κ3) is 4.99. The largest absolute Gasteiger partial charge is 0.341 e. The fraction of sp³-hybridized carbons (Fsp3) is 0.273. The molecule has 0 aliphatic rings. The third-order valence-corrected chi connectivity index (χ3v) is 4.69. The van der Waals surface area contributed by atoms with Gasteiger partial charge >= 0.3 is 6.03 Å². The van der Waals surface area contributed by atoms with E-state index in [4.69, 9.17) is 11.6 Å². The van der Waals surface area contributed by atoms with Gasteiger partial charge in [0.1, 0.15) is 5.15 Å². The number of hydrogen-bond acceptors (Lipinski definition) is 6. The van der Waals surface area contributed by atoms with Crippen LogP contribution in [0, 0.1) is 0 Å². The van der Waals surface area contributed by atoms with Crippen molar-refractivity contribution in [2.45, 2.75) is 10.1 Å². The predicted octanol–water partition coefficient (Wildman–Crippen LogP) is 3.08. The normalized spacial score (nSPS) is 9.86. The van der Waals surface area contributed by atoms with Crippen LogP contribution in [-0.4, -0.2) is 35.3 Å². The zero-order chi connectivity index (χ0) is 14.5. The number of pyridine rings is 1. The zero-order valence-electron chi connectivity index (χ0n) is 11.2. The fourth-order valence-corrected chi connectivity index (χ4v) is 3.20. The van der Waals surface area contributed by atoms with Crippen molar-refractivity contribution in [2.75, 3.05) is 19.0 Å². The Bertz CT molecular complexity index is 610. The van der Waals surface area contributed by atoms with Crippen molar-refractivity contribution in [2.24, 2.45) is 0 Å². The molecular weight excluding hydrogens is 353 g/mol. The van der Waals surface area contributed by atoms with Crippen LogP contribution in [0.1, 0.15) is 5.69 Å². The first-order chi connectivity index (χ1) is 9.60. The van der Waals surface area contributed by atoms with Crippen LogP contribution in [0.5, 0.6) is 0 Å². The van der Waals surface area contributed by atoms with Crippen molar-refractivity contribution in [1.82, 2.24) is 20.5 Å². The van der Waals surface area contributed by atoms with Gasteiger partial charge in [-0.15, -0.1) is 22.6 Å². The summed E-state index contributed by atoms with van der Waals surface area (Å²) in [6.45, 7) is 0. The molecular formula is C11H13Cl2N5OS2.